The highest BCUT2D eigenvalue weighted by Crippen LogP contribution is 2.29. The molecule has 0 spiro atoms. The van der Waals surface area contributed by atoms with Crippen LogP contribution in [-0.2, 0) is 0 Å². The molecular weight excluding hydrogens is 385 g/mol. The predicted molar refractivity (Wildman–Crippen MR) is 97.5 cm³/mol. The first-order valence-corrected chi connectivity index (χ1v) is 8.55. The number of amides is 2. The number of nitrogens with zero attached hydrogens (tertiary/aromatic N) is 1. The van der Waals surface area contributed by atoms with Crippen LogP contribution in [0.4, 0.5) is 5.00 Å². The maximum Gasteiger partial charge on any atom is 0.278 e. The van der Waals surface area contributed by atoms with Gasteiger partial charge in [0.2, 0.25) is 5.89 Å². The second kappa shape index (κ2) is 6.87. The lowest BCUT2D eigenvalue weighted by Crippen LogP contribution is -2.16. The molecule has 0 aliphatic heterocycles. The molecule has 2 amide bonds. The van der Waals surface area contributed by atoms with Gasteiger partial charge in [0.05, 0.1) is 15.6 Å². The van der Waals surface area contributed by atoms with Crippen molar-refractivity contribution in [2.24, 2.45) is 5.73 Å². The van der Waals surface area contributed by atoms with Crippen molar-refractivity contribution in [3.05, 3.63) is 56.7 Å². The van der Waals surface area contributed by atoms with E-state index >= 15 is 0 Å². The van der Waals surface area contributed by atoms with Crippen LogP contribution in [0.5, 0.6) is 0 Å². The minimum absolute atomic E-state index is 0.0579. The van der Waals surface area contributed by atoms with E-state index < -0.39 is 11.8 Å². The van der Waals surface area contributed by atoms with Gasteiger partial charge in [-0.2, -0.15) is 0 Å². The number of anilines is 1. The number of aryl methyl sites for hydroxylation is 1. The number of rotatable bonds is 4. The Morgan fingerprint density at radius 2 is 2.00 bits per heavy atom. The lowest BCUT2D eigenvalue weighted by molar-refractivity contribution is 0.100. The topological polar surface area (TPSA) is 98.2 Å². The molecule has 128 valence electrons. The van der Waals surface area contributed by atoms with Gasteiger partial charge in [-0.05, 0) is 31.2 Å². The Kier molecular flexibility index (Phi) is 4.80. The first-order chi connectivity index (χ1) is 11.8. The van der Waals surface area contributed by atoms with Gasteiger partial charge >= 0.3 is 0 Å². The molecule has 0 saturated carbocycles. The van der Waals surface area contributed by atoms with E-state index in [2.05, 4.69) is 10.3 Å². The molecule has 25 heavy (non-hydrogen) atoms. The van der Waals surface area contributed by atoms with Crippen molar-refractivity contribution < 1.29 is 14.0 Å². The maximum absolute atomic E-state index is 12.3. The van der Waals surface area contributed by atoms with Crippen molar-refractivity contribution >= 4 is 51.4 Å². The second-order valence-corrected chi connectivity index (χ2v) is 7.16. The van der Waals surface area contributed by atoms with Gasteiger partial charge in [-0.1, -0.05) is 23.2 Å². The van der Waals surface area contributed by atoms with E-state index in [1.807, 2.05) is 6.92 Å². The number of hydrogen-bond acceptors (Lipinski definition) is 5. The maximum atomic E-state index is 12.3. The van der Waals surface area contributed by atoms with Crippen molar-refractivity contribution in [2.45, 2.75) is 6.92 Å². The van der Waals surface area contributed by atoms with Gasteiger partial charge in [-0.3, -0.25) is 9.59 Å². The van der Waals surface area contributed by atoms with Crippen LogP contribution in [0.15, 0.2) is 34.9 Å². The lowest BCUT2D eigenvalue weighted by atomic mass is 10.2. The van der Waals surface area contributed by atoms with Crippen molar-refractivity contribution in [3.8, 4) is 11.5 Å². The van der Waals surface area contributed by atoms with Crippen molar-refractivity contribution in [1.29, 1.82) is 0 Å². The fourth-order valence-corrected chi connectivity index (χ4v) is 3.31. The summed E-state index contributed by atoms with van der Waals surface area (Å²) >= 11 is 13.1. The summed E-state index contributed by atoms with van der Waals surface area (Å²) in [7, 11) is 0. The van der Waals surface area contributed by atoms with Crippen LogP contribution < -0.4 is 11.1 Å². The molecule has 0 aliphatic rings. The molecule has 0 radical (unpaired) electrons. The number of oxazole rings is 1. The van der Waals surface area contributed by atoms with E-state index in [9.17, 15) is 9.59 Å². The van der Waals surface area contributed by atoms with Gasteiger partial charge < -0.3 is 15.5 Å². The zero-order chi connectivity index (χ0) is 18.1. The number of halogens is 2. The SMILES string of the molecule is Cc1cc(C(N)=O)c(NC(=O)c2coc(-c3ccc(Cl)c(Cl)c3)n2)s1. The van der Waals surface area contributed by atoms with E-state index in [-0.39, 0.29) is 17.1 Å². The summed E-state index contributed by atoms with van der Waals surface area (Å²) in [6, 6.07) is 6.49. The summed E-state index contributed by atoms with van der Waals surface area (Å²) in [5, 5.41) is 3.75. The van der Waals surface area contributed by atoms with Gasteiger partial charge in [0, 0.05) is 10.4 Å². The number of benzene rings is 1. The Balaban J connectivity index is 1.83. The molecule has 3 rings (SSSR count). The van der Waals surface area contributed by atoms with Gasteiger partial charge in [-0.15, -0.1) is 11.3 Å². The molecule has 2 heterocycles. The number of hydrogen-bond donors (Lipinski definition) is 2. The van der Waals surface area contributed by atoms with Crippen LogP contribution >= 0.6 is 34.5 Å². The smallest absolute Gasteiger partial charge is 0.278 e. The van der Waals surface area contributed by atoms with Crippen LogP contribution in [0.3, 0.4) is 0 Å². The van der Waals surface area contributed by atoms with E-state index in [0.29, 0.717) is 20.6 Å². The van der Waals surface area contributed by atoms with Gasteiger partial charge in [0.25, 0.3) is 11.8 Å². The fourth-order valence-electron chi connectivity index (χ4n) is 2.10. The largest absolute Gasteiger partial charge is 0.444 e. The first kappa shape index (κ1) is 17.5. The third-order valence-corrected chi connectivity index (χ3v) is 4.96. The molecule has 0 saturated heterocycles. The standard InChI is InChI=1S/C16H11Cl2N3O3S/c1-7-4-9(13(19)22)16(25-7)21-14(23)12-6-24-15(20-12)8-2-3-10(17)11(18)5-8/h2-6H,1H3,(H2,19,22)(H,21,23). The Labute approximate surface area is 156 Å². The molecule has 3 N–H and O–H groups in total. The molecular formula is C16H11Cl2N3O3S. The molecule has 0 aliphatic carbocycles. The monoisotopic (exact) mass is 395 g/mol. The molecule has 9 heteroatoms. The van der Waals surface area contributed by atoms with Crippen LogP contribution in [0.2, 0.25) is 10.0 Å². The minimum Gasteiger partial charge on any atom is -0.444 e. The molecule has 0 bridgehead atoms. The van der Waals surface area contributed by atoms with Crippen LogP contribution in [0.25, 0.3) is 11.5 Å². The normalized spacial score (nSPS) is 10.7. The van der Waals surface area contributed by atoms with Gasteiger partial charge in [0.15, 0.2) is 5.69 Å². The van der Waals surface area contributed by atoms with Crippen LogP contribution in [0, 0.1) is 6.92 Å². The summed E-state index contributed by atoms with van der Waals surface area (Å²) in [5.41, 5.74) is 6.20. The summed E-state index contributed by atoms with van der Waals surface area (Å²) in [6.07, 6.45) is 1.22. The average Bonchev–Trinajstić information content (AvgIpc) is 3.17. The molecule has 6 nitrogen and oxygen atoms in total. The third kappa shape index (κ3) is 3.68. The Morgan fingerprint density at radius 1 is 1.24 bits per heavy atom. The number of thiophene rings is 1. The summed E-state index contributed by atoms with van der Waals surface area (Å²) < 4.78 is 5.33. The third-order valence-electron chi connectivity index (χ3n) is 3.25. The van der Waals surface area contributed by atoms with Crippen molar-refractivity contribution in [3.63, 3.8) is 0 Å². The van der Waals surface area contributed by atoms with Gasteiger partial charge in [-0.25, -0.2) is 4.98 Å². The van der Waals surface area contributed by atoms with Crippen molar-refractivity contribution in [2.75, 3.05) is 5.32 Å². The molecule has 2 aromatic heterocycles. The summed E-state index contributed by atoms with van der Waals surface area (Å²) in [4.78, 5) is 28.7. The first-order valence-electron chi connectivity index (χ1n) is 6.97. The lowest BCUT2D eigenvalue weighted by Gasteiger charge is -2.01. The fraction of sp³-hybridized carbons (Fsp3) is 0.0625. The zero-order valence-corrected chi connectivity index (χ0v) is 15.1. The quantitative estimate of drug-likeness (QED) is 0.684. The minimum atomic E-state index is -0.615. The second-order valence-electron chi connectivity index (χ2n) is 5.09. The number of nitrogens with two attached hydrogens (primary N) is 1. The highest BCUT2D eigenvalue weighted by Gasteiger charge is 2.18. The van der Waals surface area contributed by atoms with Crippen LogP contribution in [0.1, 0.15) is 25.7 Å². The van der Waals surface area contributed by atoms with E-state index in [1.165, 1.54) is 17.6 Å². The average molecular weight is 396 g/mol. The van der Waals surface area contributed by atoms with Gasteiger partial charge in [0.1, 0.15) is 11.3 Å². The molecule has 0 unspecified atom stereocenters. The predicted octanol–water partition coefficient (Wildman–Crippen LogP) is 4.37. The van der Waals surface area contributed by atoms with Crippen LogP contribution in [-0.4, -0.2) is 16.8 Å². The number of carbonyl (C=O) groups is 2. The highest BCUT2D eigenvalue weighted by atomic mass is 35.5. The Hall–Kier alpha value is -2.35. The molecule has 0 fully saturated rings. The summed E-state index contributed by atoms with van der Waals surface area (Å²) in [5.74, 6) is -0.906. The molecule has 3 aromatic rings. The highest BCUT2D eigenvalue weighted by molar-refractivity contribution is 7.16. The number of nitrogens with one attached hydrogen (secondary N) is 1. The Bertz CT molecular complexity index is 981. The molecule has 0 atom stereocenters. The zero-order valence-electron chi connectivity index (χ0n) is 12.8. The van der Waals surface area contributed by atoms with E-state index in [0.717, 1.165) is 4.88 Å². The number of carbonyl (C=O) groups excluding carboxylic acids is 2. The van der Waals surface area contributed by atoms with E-state index in [1.54, 1.807) is 24.3 Å². The Morgan fingerprint density at radius 3 is 2.68 bits per heavy atom. The van der Waals surface area contributed by atoms with E-state index in [4.69, 9.17) is 33.4 Å². The summed E-state index contributed by atoms with van der Waals surface area (Å²) in [6.45, 7) is 1.81. The van der Waals surface area contributed by atoms with Crippen molar-refractivity contribution in [1.82, 2.24) is 4.98 Å². The molecule has 1 aromatic carbocycles. The number of primary amides is 1. The number of aromatic nitrogens is 1.